The maximum absolute atomic E-state index is 11.4. The highest BCUT2D eigenvalue weighted by Crippen LogP contribution is 2.11. The van der Waals surface area contributed by atoms with Crippen LogP contribution < -0.4 is 4.72 Å². The van der Waals surface area contributed by atoms with Crippen LogP contribution >= 0.6 is 0 Å². The number of rotatable bonds is 4. The molecular formula is C9H13NO3S. The van der Waals surface area contributed by atoms with Gasteiger partial charge in [0.25, 0.3) is 0 Å². The van der Waals surface area contributed by atoms with Crippen molar-refractivity contribution in [2.75, 3.05) is 13.7 Å². The minimum atomic E-state index is -3.37. The number of aliphatic hydroxyl groups is 1. The van der Waals surface area contributed by atoms with Gasteiger partial charge in [0.05, 0.1) is 4.90 Å². The molecule has 1 aromatic rings. The van der Waals surface area contributed by atoms with Gasteiger partial charge in [-0.05, 0) is 31.2 Å². The number of benzene rings is 1. The van der Waals surface area contributed by atoms with Gasteiger partial charge in [-0.15, -0.1) is 0 Å². The van der Waals surface area contributed by atoms with Gasteiger partial charge in [0.15, 0.2) is 0 Å². The lowest BCUT2D eigenvalue weighted by Crippen LogP contribution is -2.18. The average Bonchev–Trinajstić information content (AvgIpc) is 2.19. The van der Waals surface area contributed by atoms with Gasteiger partial charge < -0.3 is 5.11 Å². The Bertz CT molecular complexity index is 400. The van der Waals surface area contributed by atoms with Crippen molar-refractivity contribution in [1.29, 1.82) is 0 Å². The van der Waals surface area contributed by atoms with Crippen molar-refractivity contribution in [3.8, 4) is 0 Å². The summed E-state index contributed by atoms with van der Waals surface area (Å²) in [5.41, 5.74) is 0.809. The third-order valence-electron chi connectivity index (χ3n) is 1.88. The summed E-state index contributed by atoms with van der Waals surface area (Å²) in [6.07, 6.45) is 0.465. The van der Waals surface area contributed by atoms with E-state index in [1.54, 1.807) is 18.2 Å². The van der Waals surface area contributed by atoms with Crippen molar-refractivity contribution in [2.45, 2.75) is 11.3 Å². The second-order valence-electron chi connectivity index (χ2n) is 2.83. The second-order valence-corrected chi connectivity index (χ2v) is 4.72. The van der Waals surface area contributed by atoms with Gasteiger partial charge in [0, 0.05) is 6.61 Å². The Labute approximate surface area is 83.6 Å². The molecule has 0 bridgehead atoms. The monoisotopic (exact) mass is 215 g/mol. The van der Waals surface area contributed by atoms with Crippen LogP contribution in [0.5, 0.6) is 0 Å². The fraction of sp³-hybridized carbons (Fsp3) is 0.333. The summed E-state index contributed by atoms with van der Waals surface area (Å²) >= 11 is 0. The zero-order valence-corrected chi connectivity index (χ0v) is 8.71. The van der Waals surface area contributed by atoms with Crippen LogP contribution in [0.4, 0.5) is 0 Å². The Hall–Kier alpha value is -0.910. The molecule has 0 aliphatic rings. The van der Waals surface area contributed by atoms with Gasteiger partial charge in [-0.3, -0.25) is 0 Å². The smallest absolute Gasteiger partial charge is 0.240 e. The molecule has 0 aliphatic carbocycles. The van der Waals surface area contributed by atoms with Gasteiger partial charge in [-0.2, -0.15) is 0 Å². The maximum atomic E-state index is 11.4. The number of aliphatic hydroxyl groups excluding tert-OH is 1. The molecule has 2 N–H and O–H groups in total. The molecule has 0 radical (unpaired) electrons. The van der Waals surface area contributed by atoms with E-state index in [9.17, 15) is 8.42 Å². The summed E-state index contributed by atoms with van der Waals surface area (Å²) in [7, 11) is -2.00. The molecular weight excluding hydrogens is 202 g/mol. The fourth-order valence-electron chi connectivity index (χ4n) is 1.12. The lowest BCUT2D eigenvalue weighted by molar-refractivity contribution is 0.299. The summed E-state index contributed by atoms with van der Waals surface area (Å²) in [5.74, 6) is 0. The predicted molar refractivity (Wildman–Crippen MR) is 53.5 cm³/mol. The molecule has 0 amide bonds. The summed E-state index contributed by atoms with van der Waals surface area (Å²) in [6.45, 7) is 0.0169. The molecule has 5 heteroatoms. The highest BCUT2D eigenvalue weighted by atomic mass is 32.2. The van der Waals surface area contributed by atoms with Crippen LogP contribution in [0.2, 0.25) is 0 Å². The predicted octanol–water partition coefficient (Wildman–Crippen LogP) is 0.129. The second kappa shape index (κ2) is 4.54. The van der Waals surface area contributed by atoms with Gasteiger partial charge in [0.2, 0.25) is 10.0 Å². The first-order chi connectivity index (χ1) is 6.60. The summed E-state index contributed by atoms with van der Waals surface area (Å²) in [4.78, 5) is 0.228. The number of nitrogens with one attached hydrogen (secondary N) is 1. The number of hydrogen-bond acceptors (Lipinski definition) is 3. The van der Waals surface area contributed by atoms with Crippen molar-refractivity contribution in [1.82, 2.24) is 4.72 Å². The Morgan fingerprint density at radius 1 is 1.43 bits per heavy atom. The molecule has 0 saturated heterocycles. The van der Waals surface area contributed by atoms with E-state index in [4.69, 9.17) is 5.11 Å². The van der Waals surface area contributed by atoms with Gasteiger partial charge >= 0.3 is 0 Å². The number of sulfonamides is 1. The largest absolute Gasteiger partial charge is 0.396 e. The van der Waals surface area contributed by atoms with Crippen LogP contribution in [0.25, 0.3) is 0 Å². The first kappa shape index (κ1) is 11.2. The normalized spacial score (nSPS) is 11.6. The van der Waals surface area contributed by atoms with E-state index in [1.165, 1.54) is 13.1 Å². The SMILES string of the molecule is CNS(=O)(=O)c1cccc(CCO)c1. The molecule has 0 aromatic heterocycles. The van der Waals surface area contributed by atoms with Crippen molar-refractivity contribution in [2.24, 2.45) is 0 Å². The third-order valence-corrected chi connectivity index (χ3v) is 3.29. The molecule has 0 heterocycles. The molecule has 0 aliphatic heterocycles. The van der Waals surface area contributed by atoms with E-state index < -0.39 is 10.0 Å². The Kier molecular flexibility index (Phi) is 3.62. The van der Waals surface area contributed by atoms with Crippen LogP contribution in [0.3, 0.4) is 0 Å². The molecule has 4 nitrogen and oxygen atoms in total. The molecule has 78 valence electrons. The highest BCUT2D eigenvalue weighted by Gasteiger charge is 2.10. The van der Waals surface area contributed by atoms with Crippen LogP contribution in [0.15, 0.2) is 29.2 Å². The zero-order chi connectivity index (χ0) is 10.6. The third kappa shape index (κ3) is 2.54. The van der Waals surface area contributed by atoms with Crippen molar-refractivity contribution >= 4 is 10.0 Å². The zero-order valence-electron chi connectivity index (χ0n) is 7.90. The molecule has 0 saturated carbocycles. The van der Waals surface area contributed by atoms with Crippen molar-refractivity contribution in [3.63, 3.8) is 0 Å². The van der Waals surface area contributed by atoms with Gasteiger partial charge in [-0.1, -0.05) is 12.1 Å². The molecule has 0 fully saturated rings. The van der Waals surface area contributed by atoms with Crippen molar-refractivity contribution < 1.29 is 13.5 Å². The van der Waals surface area contributed by atoms with E-state index in [2.05, 4.69) is 4.72 Å². The first-order valence-electron chi connectivity index (χ1n) is 4.23. The van der Waals surface area contributed by atoms with Crippen LogP contribution in [-0.2, 0) is 16.4 Å². The highest BCUT2D eigenvalue weighted by molar-refractivity contribution is 7.89. The van der Waals surface area contributed by atoms with Gasteiger partial charge in [-0.25, -0.2) is 13.1 Å². The first-order valence-corrected chi connectivity index (χ1v) is 5.72. The molecule has 14 heavy (non-hydrogen) atoms. The molecule has 1 rings (SSSR count). The Balaban J connectivity index is 3.06. The topological polar surface area (TPSA) is 66.4 Å². The van der Waals surface area contributed by atoms with Crippen LogP contribution in [0.1, 0.15) is 5.56 Å². The minimum Gasteiger partial charge on any atom is -0.396 e. The maximum Gasteiger partial charge on any atom is 0.240 e. The van der Waals surface area contributed by atoms with Gasteiger partial charge in [0.1, 0.15) is 0 Å². The molecule has 0 spiro atoms. The summed E-state index contributed by atoms with van der Waals surface area (Å²) < 4.78 is 25.0. The van der Waals surface area contributed by atoms with E-state index >= 15 is 0 Å². The Morgan fingerprint density at radius 2 is 2.14 bits per heavy atom. The molecule has 1 aromatic carbocycles. The quantitative estimate of drug-likeness (QED) is 0.750. The summed E-state index contributed by atoms with van der Waals surface area (Å²) in [6, 6.07) is 6.52. The molecule has 0 unspecified atom stereocenters. The Morgan fingerprint density at radius 3 is 2.71 bits per heavy atom. The lowest BCUT2D eigenvalue weighted by atomic mass is 10.2. The number of hydrogen-bond donors (Lipinski definition) is 2. The van der Waals surface area contributed by atoms with E-state index in [-0.39, 0.29) is 11.5 Å². The van der Waals surface area contributed by atoms with E-state index in [0.29, 0.717) is 6.42 Å². The fourth-order valence-corrected chi connectivity index (χ4v) is 1.92. The van der Waals surface area contributed by atoms with Crippen LogP contribution in [-0.4, -0.2) is 27.2 Å². The standard InChI is InChI=1S/C9H13NO3S/c1-10-14(12,13)9-4-2-3-8(7-9)5-6-11/h2-4,7,10-11H,5-6H2,1H3. The van der Waals surface area contributed by atoms with E-state index in [1.807, 2.05) is 0 Å². The minimum absolute atomic E-state index is 0.0169. The average molecular weight is 215 g/mol. The molecule has 0 atom stereocenters. The van der Waals surface area contributed by atoms with Crippen LogP contribution in [0, 0.1) is 0 Å². The summed E-state index contributed by atoms with van der Waals surface area (Å²) in [5, 5.41) is 8.71. The lowest BCUT2D eigenvalue weighted by Gasteiger charge is -2.04. The van der Waals surface area contributed by atoms with Crippen molar-refractivity contribution in [3.05, 3.63) is 29.8 Å². The van der Waals surface area contributed by atoms with E-state index in [0.717, 1.165) is 5.56 Å².